The van der Waals surface area contributed by atoms with Gasteiger partial charge in [-0.15, -0.1) is 0 Å². The molecule has 32 heavy (non-hydrogen) atoms. The molecule has 4 rings (SSSR count). The zero-order chi connectivity index (χ0) is 22.7. The van der Waals surface area contributed by atoms with E-state index >= 15 is 0 Å². The predicted molar refractivity (Wildman–Crippen MR) is 123 cm³/mol. The van der Waals surface area contributed by atoms with Gasteiger partial charge in [-0.2, -0.15) is 0 Å². The molecule has 0 bridgehead atoms. The van der Waals surface area contributed by atoms with Crippen molar-refractivity contribution in [2.75, 3.05) is 0 Å². The molecule has 0 atom stereocenters. The van der Waals surface area contributed by atoms with Crippen molar-refractivity contribution in [1.29, 1.82) is 0 Å². The van der Waals surface area contributed by atoms with Crippen LogP contribution < -0.4 is 0 Å². The van der Waals surface area contributed by atoms with Gasteiger partial charge in [0.2, 0.25) is 9.84 Å². The molecule has 0 spiro atoms. The fourth-order valence-electron chi connectivity index (χ4n) is 3.28. The molecule has 0 radical (unpaired) electrons. The first-order valence-electron chi connectivity index (χ1n) is 9.72. The summed E-state index contributed by atoms with van der Waals surface area (Å²) in [5.74, 6) is -0.778. The Morgan fingerprint density at radius 3 is 1.69 bits per heavy atom. The second-order valence-electron chi connectivity index (χ2n) is 6.94. The van der Waals surface area contributed by atoms with Gasteiger partial charge < -0.3 is 0 Å². The second kappa shape index (κ2) is 9.10. The lowest BCUT2D eigenvalue weighted by Gasteiger charge is -2.13. The highest BCUT2D eigenvalue weighted by Crippen LogP contribution is 2.37. The first kappa shape index (κ1) is 22.0. The normalized spacial score (nSPS) is 11.5. The van der Waals surface area contributed by atoms with Gasteiger partial charge in [0.15, 0.2) is 14.7 Å². The van der Waals surface area contributed by atoms with E-state index in [1.165, 1.54) is 24.3 Å². The monoisotopic (exact) mass is 465 g/mol. The average molecular weight is 466 g/mol. The molecule has 0 aromatic heterocycles. The van der Waals surface area contributed by atoms with E-state index in [1.807, 2.05) is 0 Å². The van der Waals surface area contributed by atoms with E-state index in [-0.39, 0.29) is 21.4 Å². The second-order valence-corrected chi connectivity index (χ2v) is 10.9. The lowest BCUT2D eigenvalue weighted by molar-refractivity contribution is 0.594. The third-order valence-corrected chi connectivity index (χ3v) is 9.12. The number of hydrogen-bond donors (Lipinski definition) is 0. The van der Waals surface area contributed by atoms with Crippen molar-refractivity contribution in [3.8, 4) is 0 Å². The topological polar surface area (TPSA) is 34.1 Å². The molecule has 0 saturated heterocycles. The van der Waals surface area contributed by atoms with E-state index < -0.39 is 20.7 Å². The van der Waals surface area contributed by atoms with Crippen molar-refractivity contribution in [3.63, 3.8) is 0 Å². The van der Waals surface area contributed by atoms with Crippen molar-refractivity contribution < 1.29 is 17.2 Å². The Bertz CT molecular complexity index is 1300. The van der Waals surface area contributed by atoms with Crippen molar-refractivity contribution in [2.24, 2.45) is 0 Å². The minimum absolute atomic E-state index is 0.156. The van der Waals surface area contributed by atoms with Gasteiger partial charge in [-0.3, -0.25) is 0 Å². The maximum atomic E-state index is 13.6. The van der Waals surface area contributed by atoms with Crippen LogP contribution in [0.15, 0.2) is 128 Å². The van der Waals surface area contributed by atoms with Crippen LogP contribution in [0.25, 0.3) is 6.08 Å². The Balaban J connectivity index is 1.92. The van der Waals surface area contributed by atoms with Gasteiger partial charge in [0.1, 0.15) is 27.4 Å². The van der Waals surface area contributed by atoms with Crippen LogP contribution in [-0.4, -0.2) is 8.42 Å². The molecule has 0 fully saturated rings. The Labute approximate surface area is 189 Å². The summed E-state index contributed by atoms with van der Waals surface area (Å²) in [6.45, 7) is 3.70. The summed E-state index contributed by atoms with van der Waals surface area (Å²) in [6, 6.07) is 25.1. The van der Waals surface area contributed by atoms with Crippen LogP contribution in [0.3, 0.4) is 0 Å². The Kier molecular flexibility index (Phi) is 6.26. The molecule has 0 aliphatic carbocycles. The van der Waals surface area contributed by atoms with Crippen molar-refractivity contribution in [3.05, 3.63) is 121 Å². The predicted octanol–water partition coefficient (Wildman–Crippen LogP) is 6.54. The third-order valence-electron chi connectivity index (χ3n) is 4.88. The molecule has 4 aromatic carbocycles. The van der Waals surface area contributed by atoms with E-state index in [0.717, 1.165) is 15.4 Å². The molecule has 0 heterocycles. The SMILES string of the molecule is C=Cc1ccc(S(=O)(=O)c2ccccc2[S+](c2ccc(F)cc2)c2ccc(F)cc2)cc1. The maximum Gasteiger partial charge on any atom is 0.211 e. The molecule has 0 amide bonds. The molecule has 6 heteroatoms. The molecule has 0 saturated carbocycles. The van der Waals surface area contributed by atoms with E-state index in [1.54, 1.807) is 78.9 Å². The Morgan fingerprint density at radius 1 is 0.688 bits per heavy atom. The molecule has 0 aliphatic heterocycles. The minimum atomic E-state index is -3.85. The number of sulfone groups is 1. The van der Waals surface area contributed by atoms with Crippen LogP contribution in [0.4, 0.5) is 8.78 Å². The average Bonchev–Trinajstić information content (AvgIpc) is 2.82. The Morgan fingerprint density at radius 2 is 1.19 bits per heavy atom. The van der Waals surface area contributed by atoms with E-state index in [2.05, 4.69) is 6.58 Å². The fourth-order valence-corrected chi connectivity index (χ4v) is 7.28. The van der Waals surface area contributed by atoms with Crippen molar-refractivity contribution in [1.82, 2.24) is 0 Å². The molecular weight excluding hydrogens is 446 g/mol. The summed E-state index contributed by atoms with van der Waals surface area (Å²) in [6.07, 6.45) is 1.64. The molecule has 0 unspecified atom stereocenters. The van der Waals surface area contributed by atoms with Crippen molar-refractivity contribution >= 4 is 26.8 Å². The number of rotatable bonds is 6. The largest absolute Gasteiger partial charge is 0.218 e. The van der Waals surface area contributed by atoms with Gasteiger partial charge >= 0.3 is 0 Å². The van der Waals surface area contributed by atoms with Crippen LogP contribution in [0.2, 0.25) is 0 Å². The molecular formula is C26H19F2O2S2+. The minimum Gasteiger partial charge on any atom is -0.218 e. The molecule has 4 aromatic rings. The van der Waals surface area contributed by atoms with Gasteiger partial charge in [-0.25, -0.2) is 17.2 Å². The van der Waals surface area contributed by atoms with Crippen LogP contribution in [0.5, 0.6) is 0 Å². The standard InChI is InChI=1S/C26H19F2O2S2/c1-2-19-7-17-24(18-8-19)32(29,30)26-6-4-3-5-25(26)31(22-13-9-20(27)10-14-22)23-15-11-21(28)12-16-23/h2-18H,1H2/q+1. The van der Waals surface area contributed by atoms with Crippen LogP contribution >= 0.6 is 0 Å². The molecule has 160 valence electrons. The number of hydrogen-bond acceptors (Lipinski definition) is 2. The quantitative estimate of drug-likeness (QED) is 0.303. The van der Waals surface area contributed by atoms with Crippen LogP contribution in [-0.2, 0) is 20.7 Å². The van der Waals surface area contributed by atoms with E-state index in [0.29, 0.717) is 4.90 Å². The Hall–Kier alpha value is -3.22. The van der Waals surface area contributed by atoms with E-state index in [9.17, 15) is 17.2 Å². The zero-order valence-electron chi connectivity index (χ0n) is 16.9. The molecule has 0 aliphatic rings. The summed E-state index contributed by atoms with van der Waals surface area (Å²) in [5, 5.41) is 0. The van der Waals surface area contributed by atoms with Gasteiger partial charge in [0, 0.05) is 0 Å². The summed E-state index contributed by atoms with van der Waals surface area (Å²) >= 11 is 0. The lowest BCUT2D eigenvalue weighted by Crippen LogP contribution is -2.12. The van der Waals surface area contributed by atoms with Crippen LogP contribution in [0.1, 0.15) is 5.56 Å². The maximum absolute atomic E-state index is 13.6. The smallest absolute Gasteiger partial charge is 0.211 e. The first-order chi connectivity index (χ1) is 15.4. The van der Waals surface area contributed by atoms with Gasteiger partial charge in [0.05, 0.1) is 4.90 Å². The molecule has 2 nitrogen and oxygen atoms in total. The fraction of sp³-hybridized carbons (Fsp3) is 0. The highest BCUT2D eigenvalue weighted by molar-refractivity contribution is 7.98. The highest BCUT2D eigenvalue weighted by Gasteiger charge is 2.35. The summed E-state index contributed by atoms with van der Waals surface area (Å²) in [4.78, 5) is 2.32. The summed E-state index contributed by atoms with van der Waals surface area (Å²) in [7, 11) is -4.75. The zero-order valence-corrected chi connectivity index (χ0v) is 18.5. The van der Waals surface area contributed by atoms with Gasteiger partial charge in [-0.05, 0) is 78.4 Å². The van der Waals surface area contributed by atoms with Gasteiger partial charge in [-0.1, -0.05) is 36.9 Å². The first-order valence-corrected chi connectivity index (χ1v) is 12.4. The van der Waals surface area contributed by atoms with Crippen LogP contribution in [0, 0.1) is 11.6 Å². The lowest BCUT2D eigenvalue weighted by atomic mass is 10.2. The molecule has 0 N–H and O–H groups in total. The van der Waals surface area contributed by atoms with Gasteiger partial charge in [0.25, 0.3) is 0 Å². The number of benzene rings is 4. The third kappa shape index (κ3) is 4.38. The van der Waals surface area contributed by atoms with E-state index in [4.69, 9.17) is 0 Å². The summed E-state index contributed by atoms with van der Waals surface area (Å²) < 4.78 is 54.4. The van der Waals surface area contributed by atoms with Crippen molar-refractivity contribution in [2.45, 2.75) is 24.5 Å². The summed E-state index contributed by atoms with van der Waals surface area (Å²) in [5.41, 5.74) is 0.814. The highest BCUT2D eigenvalue weighted by atomic mass is 32.2. The number of halogens is 2.